The molecule has 0 aliphatic rings. The maximum Gasteiger partial charge on any atom is 0.288 e. The van der Waals surface area contributed by atoms with Gasteiger partial charge in [-0.2, -0.15) is 0 Å². The summed E-state index contributed by atoms with van der Waals surface area (Å²) in [5.74, 6) is -0.293. The molecule has 4 nitrogen and oxygen atoms in total. The molecule has 7 heteroatoms. The van der Waals surface area contributed by atoms with Gasteiger partial charge in [0.2, 0.25) is 3.79 Å². The molecular formula is C11H15Cl3N2O2. The number of rotatable bonds is 3. The van der Waals surface area contributed by atoms with Gasteiger partial charge in [-0.3, -0.25) is 10.1 Å². The highest BCUT2D eigenvalue weighted by atomic mass is 35.6. The van der Waals surface area contributed by atoms with Crippen LogP contribution in [-0.2, 0) is 0 Å². The van der Waals surface area contributed by atoms with Crippen LogP contribution in [0.5, 0.6) is 0 Å². The highest BCUT2D eigenvalue weighted by Crippen LogP contribution is 2.30. The van der Waals surface area contributed by atoms with E-state index in [1.54, 1.807) is 6.07 Å². The normalized spacial score (nSPS) is 14.3. The fraction of sp³-hybridized carbons (Fsp3) is 0.545. The fourth-order valence-corrected chi connectivity index (χ4v) is 1.57. The van der Waals surface area contributed by atoms with Crippen molar-refractivity contribution in [2.75, 3.05) is 0 Å². The number of nitrogens with one attached hydrogen (secondary N) is 2. The van der Waals surface area contributed by atoms with Gasteiger partial charge in [-0.05, 0) is 32.9 Å². The number of furan rings is 1. The Bertz CT molecular complexity index is 393. The highest BCUT2D eigenvalue weighted by Gasteiger charge is 2.36. The second-order valence-corrected chi connectivity index (χ2v) is 7.19. The van der Waals surface area contributed by atoms with Crippen molar-refractivity contribution in [1.29, 1.82) is 0 Å². The van der Waals surface area contributed by atoms with Gasteiger partial charge < -0.3 is 9.73 Å². The Morgan fingerprint density at radius 1 is 1.33 bits per heavy atom. The third-order valence-corrected chi connectivity index (χ3v) is 2.58. The molecule has 0 saturated heterocycles. The first-order valence-corrected chi connectivity index (χ1v) is 6.42. The van der Waals surface area contributed by atoms with E-state index < -0.39 is 15.9 Å². The van der Waals surface area contributed by atoms with Crippen molar-refractivity contribution in [3.05, 3.63) is 24.2 Å². The van der Waals surface area contributed by atoms with Crippen LogP contribution in [0.3, 0.4) is 0 Å². The average Bonchev–Trinajstić information content (AvgIpc) is 2.65. The SMILES string of the molecule is CC(C)(C)N[C@H](NC(=O)c1ccco1)C(Cl)(Cl)Cl. The number of alkyl halides is 3. The summed E-state index contributed by atoms with van der Waals surface area (Å²) >= 11 is 17.5. The zero-order valence-corrected chi connectivity index (χ0v) is 12.5. The number of carbonyl (C=O) groups excluding carboxylic acids is 1. The number of hydrogen-bond donors (Lipinski definition) is 2. The quantitative estimate of drug-likeness (QED) is 0.666. The molecular weight excluding hydrogens is 298 g/mol. The third kappa shape index (κ3) is 5.06. The van der Waals surface area contributed by atoms with Crippen LogP contribution in [0.25, 0.3) is 0 Å². The molecule has 2 N–H and O–H groups in total. The first-order chi connectivity index (χ1) is 8.09. The Balaban J connectivity index is 2.77. The Morgan fingerprint density at radius 2 is 1.94 bits per heavy atom. The molecule has 1 amide bonds. The summed E-state index contributed by atoms with van der Waals surface area (Å²) in [6, 6.07) is 3.14. The van der Waals surface area contributed by atoms with E-state index in [0.29, 0.717) is 0 Å². The van der Waals surface area contributed by atoms with E-state index in [2.05, 4.69) is 10.6 Å². The van der Waals surface area contributed by atoms with Crippen molar-refractivity contribution in [1.82, 2.24) is 10.6 Å². The summed E-state index contributed by atoms with van der Waals surface area (Å²) in [7, 11) is 0. The fourth-order valence-electron chi connectivity index (χ4n) is 1.24. The van der Waals surface area contributed by atoms with Crippen LogP contribution >= 0.6 is 34.8 Å². The molecule has 0 saturated carbocycles. The van der Waals surface area contributed by atoms with Crippen LogP contribution in [0.2, 0.25) is 0 Å². The molecule has 1 aromatic heterocycles. The van der Waals surface area contributed by atoms with Crippen molar-refractivity contribution in [2.45, 2.75) is 36.3 Å². The Morgan fingerprint density at radius 3 is 2.33 bits per heavy atom. The first-order valence-electron chi connectivity index (χ1n) is 5.28. The first kappa shape index (κ1) is 15.6. The second kappa shape index (κ2) is 5.70. The predicted molar refractivity (Wildman–Crippen MR) is 73.1 cm³/mol. The largest absolute Gasteiger partial charge is 0.459 e. The molecule has 1 heterocycles. The minimum atomic E-state index is -1.67. The maximum absolute atomic E-state index is 11.8. The van der Waals surface area contributed by atoms with Crippen molar-refractivity contribution in [2.24, 2.45) is 0 Å². The molecule has 18 heavy (non-hydrogen) atoms. The van der Waals surface area contributed by atoms with E-state index in [1.807, 2.05) is 20.8 Å². The van der Waals surface area contributed by atoms with E-state index in [4.69, 9.17) is 39.2 Å². The van der Waals surface area contributed by atoms with Gasteiger partial charge in [-0.15, -0.1) is 0 Å². The van der Waals surface area contributed by atoms with Crippen LogP contribution in [0, 0.1) is 0 Å². The van der Waals surface area contributed by atoms with E-state index in [0.717, 1.165) is 0 Å². The van der Waals surface area contributed by atoms with Crippen LogP contribution in [0.15, 0.2) is 22.8 Å². The van der Waals surface area contributed by atoms with Gasteiger partial charge in [0.25, 0.3) is 5.91 Å². The lowest BCUT2D eigenvalue weighted by atomic mass is 10.1. The second-order valence-electron chi connectivity index (χ2n) is 4.82. The summed E-state index contributed by atoms with van der Waals surface area (Å²) in [5, 5.41) is 5.60. The minimum absolute atomic E-state index is 0.157. The van der Waals surface area contributed by atoms with Gasteiger partial charge in [-0.25, -0.2) is 0 Å². The molecule has 1 atom stereocenters. The zero-order valence-electron chi connectivity index (χ0n) is 10.3. The van der Waals surface area contributed by atoms with Crippen LogP contribution in [0.1, 0.15) is 31.3 Å². The van der Waals surface area contributed by atoms with E-state index >= 15 is 0 Å². The van der Waals surface area contributed by atoms with E-state index in [9.17, 15) is 4.79 Å². The highest BCUT2D eigenvalue weighted by molar-refractivity contribution is 6.68. The molecule has 0 spiro atoms. The molecule has 102 valence electrons. The Labute approximate surface area is 121 Å². The number of amides is 1. The maximum atomic E-state index is 11.8. The molecule has 1 aromatic rings. The van der Waals surface area contributed by atoms with Gasteiger partial charge in [-0.1, -0.05) is 34.8 Å². The van der Waals surface area contributed by atoms with Crippen LogP contribution < -0.4 is 10.6 Å². The molecule has 0 aromatic carbocycles. The van der Waals surface area contributed by atoms with Crippen LogP contribution in [-0.4, -0.2) is 21.4 Å². The summed E-state index contributed by atoms with van der Waals surface area (Å²) in [6.45, 7) is 5.69. The number of halogens is 3. The molecule has 0 radical (unpaired) electrons. The number of carbonyl (C=O) groups is 1. The van der Waals surface area contributed by atoms with Crippen molar-refractivity contribution in [3.8, 4) is 0 Å². The summed E-state index contributed by atoms with van der Waals surface area (Å²) in [5.41, 5.74) is -0.328. The molecule has 0 aliphatic carbocycles. The topological polar surface area (TPSA) is 54.3 Å². The van der Waals surface area contributed by atoms with Crippen molar-refractivity contribution < 1.29 is 9.21 Å². The zero-order chi connectivity index (χ0) is 14.0. The molecule has 0 unspecified atom stereocenters. The predicted octanol–water partition coefficient (Wildman–Crippen LogP) is 3.09. The minimum Gasteiger partial charge on any atom is -0.459 e. The summed E-state index contributed by atoms with van der Waals surface area (Å²) in [4.78, 5) is 11.8. The van der Waals surface area contributed by atoms with E-state index in [1.165, 1.54) is 12.3 Å². The standard InChI is InChI=1S/C11H15Cl3N2O2/c1-10(2,3)16-9(11(12,13)14)15-8(17)7-5-4-6-18-7/h4-6,9,16H,1-3H3,(H,15,17)/t9-/m0/s1. The Hall–Kier alpha value is -0.420. The molecule has 1 rings (SSSR count). The van der Waals surface area contributed by atoms with Crippen molar-refractivity contribution >= 4 is 40.7 Å². The molecule has 0 bridgehead atoms. The summed E-state index contributed by atoms with van der Waals surface area (Å²) < 4.78 is 3.30. The van der Waals surface area contributed by atoms with Gasteiger partial charge in [0.15, 0.2) is 5.76 Å². The van der Waals surface area contributed by atoms with E-state index in [-0.39, 0.29) is 11.3 Å². The average molecular weight is 314 g/mol. The van der Waals surface area contributed by atoms with Crippen LogP contribution in [0.4, 0.5) is 0 Å². The monoisotopic (exact) mass is 312 g/mol. The molecule has 0 aliphatic heterocycles. The van der Waals surface area contributed by atoms with Gasteiger partial charge in [0, 0.05) is 5.54 Å². The van der Waals surface area contributed by atoms with Gasteiger partial charge in [0.1, 0.15) is 6.17 Å². The van der Waals surface area contributed by atoms with Gasteiger partial charge in [0.05, 0.1) is 6.26 Å². The lowest BCUT2D eigenvalue weighted by Gasteiger charge is -2.33. The third-order valence-electron chi connectivity index (χ3n) is 1.93. The lowest BCUT2D eigenvalue weighted by Crippen LogP contribution is -2.58. The Kier molecular flexibility index (Phi) is 4.95. The smallest absolute Gasteiger partial charge is 0.288 e. The summed E-state index contributed by atoms with van der Waals surface area (Å²) in [6.07, 6.45) is 0.566. The lowest BCUT2D eigenvalue weighted by molar-refractivity contribution is 0.0894. The molecule has 0 fully saturated rings. The number of hydrogen-bond acceptors (Lipinski definition) is 3. The van der Waals surface area contributed by atoms with Gasteiger partial charge >= 0.3 is 0 Å². The van der Waals surface area contributed by atoms with Crippen molar-refractivity contribution in [3.63, 3.8) is 0 Å².